The number of aromatic amines is 1. The minimum atomic E-state index is -0.930. The molecule has 0 aliphatic carbocycles. The SMILES string of the molecule is CN(CCC(=O)O)C(=O)c1cn[nH]c1-c1ccccc1. The van der Waals surface area contributed by atoms with Gasteiger partial charge >= 0.3 is 5.97 Å². The number of hydrogen-bond donors (Lipinski definition) is 2. The van der Waals surface area contributed by atoms with Crippen molar-refractivity contribution in [3.63, 3.8) is 0 Å². The van der Waals surface area contributed by atoms with Crippen LogP contribution in [0.3, 0.4) is 0 Å². The van der Waals surface area contributed by atoms with E-state index in [0.717, 1.165) is 5.56 Å². The Kier molecular flexibility index (Phi) is 4.14. The molecule has 104 valence electrons. The van der Waals surface area contributed by atoms with Gasteiger partial charge in [-0.3, -0.25) is 14.7 Å². The number of hydrogen-bond acceptors (Lipinski definition) is 3. The number of carbonyl (C=O) groups excluding carboxylic acids is 1. The Hall–Kier alpha value is -2.63. The number of carbonyl (C=O) groups is 2. The molecule has 1 heterocycles. The molecule has 0 radical (unpaired) electrons. The molecule has 0 atom stereocenters. The van der Waals surface area contributed by atoms with Crippen LogP contribution in [0, 0.1) is 0 Å². The second-order valence-corrected chi connectivity index (χ2v) is 4.40. The summed E-state index contributed by atoms with van der Waals surface area (Å²) >= 11 is 0. The Balaban J connectivity index is 2.20. The normalized spacial score (nSPS) is 10.2. The van der Waals surface area contributed by atoms with E-state index in [1.165, 1.54) is 11.1 Å². The topological polar surface area (TPSA) is 86.3 Å². The van der Waals surface area contributed by atoms with Crippen LogP contribution < -0.4 is 0 Å². The highest BCUT2D eigenvalue weighted by Gasteiger charge is 2.19. The van der Waals surface area contributed by atoms with E-state index in [4.69, 9.17) is 5.11 Å². The number of nitrogens with zero attached hydrogens (tertiary/aromatic N) is 2. The second-order valence-electron chi connectivity index (χ2n) is 4.40. The van der Waals surface area contributed by atoms with E-state index in [-0.39, 0.29) is 18.9 Å². The summed E-state index contributed by atoms with van der Waals surface area (Å²) in [6.45, 7) is 0.160. The molecule has 2 rings (SSSR count). The highest BCUT2D eigenvalue weighted by molar-refractivity contribution is 5.99. The maximum atomic E-state index is 12.3. The lowest BCUT2D eigenvalue weighted by molar-refractivity contribution is -0.137. The summed E-state index contributed by atoms with van der Waals surface area (Å²) in [4.78, 5) is 24.2. The largest absolute Gasteiger partial charge is 0.481 e. The van der Waals surface area contributed by atoms with E-state index in [1.807, 2.05) is 30.3 Å². The summed E-state index contributed by atoms with van der Waals surface area (Å²) in [6, 6.07) is 9.39. The zero-order chi connectivity index (χ0) is 14.5. The molecule has 0 bridgehead atoms. The third-order valence-corrected chi connectivity index (χ3v) is 2.94. The Morgan fingerprint density at radius 1 is 1.30 bits per heavy atom. The summed E-state index contributed by atoms with van der Waals surface area (Å²) in [7, 11) is 1.58. The smallest absolute Gasteiger partial charge is 0.305 e. The van der Waals surface area contributed by atoms with Gasteiger partial charge < -0.3 is 10.0 Å². The number of rotatable bonds is 5. The summed E-state index contributed by atoms with van der Waals surface area (Å²) in [5.74, 6) is -1.18. The van der Waals surface area contributed by atoms with Gasteiger partial charge in [0.15, 0.2) is 0 Å². The van der Waals surface area contributed by atoms with Crippen molar-refractivity contribution in [2.24, 2.45) is 0 Å². The average molecular weight is 273 g/mol. The van der Waals surface area contributed by atoms with Gasteiger partial charge in [0.2, 0.25) is 0 Å². The quantitative estimate of drug-likeness (QED) is 0.866. The van der Waals surface area contributed by atoms with Crippen molar-refractivity contribution in [1.82, 2.24) is 15.1 Å². The molecule has 2 aromatic rings. The lowest BCUT2D eigenvalue weighted by Gasteiger charge is -2.15. The van der Waals surface area contributed by atoms with Crippen LogP contribution in [0.4, 0.5) is 0 Å². The predicted molar refractivity (Wildman–Crippen MR) is 73.2 cm³/mol. The molecule has 0 fully saturated rings. The Labute approximate surface area is 116 Å². The molecule has 0 unspecified atom stereocenters. The van der Waals surface area contributed by atoms with Crippen LogP contribution in [0.25, 0.3) is 11.3 Å². The van der Waals surface area contributed by atoms with Gasteiger partial charge in [-0.2, -0.15) is 5.10 Å². The zero-order valence-electron chi connectivity index (χ0n) is 11.0. The fourth-order valence-corrected chi connectivity index (χ4v) is 1.84. The fourth-order valence-electron chi connectivity index (χ4n) is 1.84. The third kappa shape index (κ3) is 3.03. The average Bonchev–Trinajstić information content (AvgIpc) is 2.94. The number of aromatic nitrogens is 2. The van der Waals surface area contributed by atoms with E-state index < -0.39 is 5.97 Å². The summed E-state index contributed by atoms with van der Waals surface area (Å²) < 4.78 is 0. The van der Waals surface area contributed by atoms with E-state index in [2.05, 4.69) is 10.2 Å². The molecule has 6 heteroatoms. The maximum absolute atomic E-state index is 12.3. The number of nitrogens with one attached hydrogen (secondary N) is 1. The van der Waals surface area contributed by atoms with Crippen molar-refractivity contribution in [2.45, 2.75) is 6.42 Å². The number of H-pyrrole nitrogens is 1. The summed E-state index contributed by atoms with van der Waals surface area (Å²) in [5, 5.41) is 15.4. The number of amides is 1. The predicted octanol–water partition coefficient (Wildman–Crippen LogP) is 1.62. The van der Waals surface area contributed by atoms with Crippen LogP contribution in [0.2, 0.25) is 0 Å². The standard InChI is InChI=1S/C14H15N3O3/c1-17(8-7-12(18)19)14(20)11-9-15-16-13(11)10-5-3-2-4-6-10/h2-6,9H,7-8H2,1H3,(H,15,16)(H,18,19). The van der Waals surface area contributed by atoms with Crippen LogP contribution in [-0.2, 0) is 4.79 Å². The molecule has 2 N–H and O–H groups in total. The van der Waals surface area contributed by atoms with Gasteiger partial charge in [0.1, 0.15) is 0 Å². The molecule has 1 aromatic heterocycles. The molecule has 1 amide bonds. The monoisotopic (exact) mass is 273 g/mol. The van der Waals surface area contributed by atoms with Crippen LogP contribution in [0.15, 0.2) is 36.5 Å². The van der Waals surface area contributed by atoms with Gasteiger partial charge in [0.05, 0.1) is 23.9 Å². The Bertz CT molecular complexity index is 607. The van der Waals surface area contributed by atoms with Crippen molar-refractivity contribution in [3.05, 3.63) is 42.1 Å². The lowest BCUT2D eigenvalue weighted by Crippen LogP contribution is -2.29. The first-order valence-electron chi connectivity index (χ1n) is 6.15. The zero-order valence-corrected chi connectivity index (χ0v) is 11.0. The fraction of sp³-hybridized carbons (Fsp3) is 0.214. The third-order valence-electron chi connectivity index (χ3n) is 2.94. The summed E-state index contributed by atoms with van der Waals surface area (Å²) in [6.07, 6.45) is 1.38. The van der Waals surface area contributed by atoms with Gasteiger partial charge in [-0.25, -0.2) is 0 Å². The number of benzene rings is 1. The number of carboxylic acid groups (broad SMARTS) is 1. The first-order valence-corrected chi connectivity index (χ1v) is 6.15. The molecule has 1 aromatic carbocycles. The molecule has 20 heavy (non-hydrogen) atoms. The minimum absolute atomic E-state index is 0.0826. The molecule has 0 saturated heterocycles. The lowest BCUT2D eigenvalue weighted by atomic mass is 10.1. The molecule has 0 saturated carbocycles. The first-order chi connectivity index (χ1) is 9.59. The molecular formula is C14H15N3O3. The van der Waals surface area contributed by atoms with Crippen molar-refractivity contribution in [3.8, 4) is 11.3 Å². The first kappa shape index (κ1) is 13.8. The van der Waals surface area contributed by atoms with E-state index in [9.17, 15) is 9.59 Å². The maximum Gasteiger partial charge on any atom is 0.305 e. The van der Waals surface area contributed by atoms with E-state index >= 15 is 0 Å². The Morgan fingerprint density at radius 3 is 2.65 bits per heavy atom. The van der Waals surface area contributed by atoms with E-state index in [0.29, 0.717) is 11.3 Å². The Morgan fingerprint density at radius 2 is 2.00 bits per heavy atom. The van der Waals surface area contributed by atoms with Crippen LogP contribution in [0.5, 0.6) is 0 Å². The molecule has 0 aliphatic heterocycles. The molecule has 0 spiro atoms. The number of carboxylic acids is 1. The van der Waals surface area contributed by atoms with Crippen molar-refractivity contribution >= 4 is 11.9 Å². The second kappa shape index (κ2) is 6.01. The van der Waals surface area contributed by atoms with Crippen LogP contribution in [0.1, 0.15) is 16.8 Å². The van der Waals surface area contributed by atoms with Crippen molar-refractivity contribution in [1.29, 1.82) is 0 Å². The van der Waals surface area contributed by atoms with Crippen molar-refractivity contribution < 1.29 is 14.7 Å². The van der Waals surface area contributed by atoms with Crippen molar-refractivity contribution in [2.75, 3.05) is 13.6 Å². The number of aliphatic carboxylic acids is 1. The molecule has 6 nitrogen and oxygen atoms in total. The van der Waals surface area contributed by atoms with Gasteiger partial charge in [0, 0.05) is 19.2 Å². The minimum Gasteiger partial charge on any atom is -0.481 e. The highest BCUT2D eigenvalue weighted by atomic mass is 16.4. The van der Waals surface area contributed by atoms with Gasteiger partial charge in [-0.1, -0.05) is 30.3 Å². The van der Waals surface area contributed by atoms with Gasteiger partial charge in [-0.15, -0.1) is 0 Å². The molecular weight excluding hydrogens is 258 g/mol. The van der Waals surface area contributed by atoms with E-state index in [1.54, 1.807) is 7.05 Å². The summed E-state index contributed by atoms with van der Waals surface area (Å²) in [5.41, 5.74) is 1.93. The van der Waals surface area contributed by atoms with Crippen LogP contribution in [-0.4, -0.2) is 45.7 Å². The highest BCUT2D eigenvalue weighted by Crippen LogP contribution is 2.21. The van der Waals surface area contributed by atoms with Gasteiger partial charge in [0.25, 0.3) is 5.91 Å². The molecule has 0 aliphatic rings. The van der Waals surface area contributed by atoms with Gasteiger partial charge in [-0.05, 0) is 0 Å². The van der Waals surface area contributed by atoms with Crippen LogP contribution >= 0.6 is 0 Å².